The van der Waals surface area contributed by atoms with Gasteiger partial charge in [0.25, 0.3) is 5.91 Å². The Morgan fingerprint density at radius 1 is 1.30 bits per heavy atom. The summed E-state index contributed by atoms with van der Waals surface area (Å²) in [6, 6.07) is 7.04. The predicted octanol–water partition coefficient (Wildman–Crippen LogP) is 1.99. The van der Waals surface area contributed by atoms with Crippen LogP contribution in [-0.2, 0) is 6.54 Å². The van der Waals surface area contributed by atoms with Gasteiger partial charge in [0.15, 0.2) is 11.5 Å². The van der Waals surface area contributed by atoms with Crippen LogP contribution in [0, 0.1) is 0 Å². The molecule has 3 aromatic rings. The van der Waals surface area contributed by atoms with E-state index in [1.807, 2.05) is 16.8 Å². The number of benzene rings is 1. The maximum absolute atomic E-state index is 12.2. The van der Waals surface area contributed by atoms with Crippen molar-refractivity contribution in [3.8, 4) is 17.2 Å². The molecule has 0 fully saturated rings. The van der Waals surface area contributed by atoms with Gasteiger partial charge in [0, 0.05) is 10.9 Å². The van der Waals surface area contributed by atoms with Gasteiger partial charge >= 0.3 is 0 Å². The van der Waals surface area contributed by atoms with Crippen LogP contribution in [0.4, 0.5) is 0 Å². The van der Waals surface area contributed by atoms with Crippen molar-refractivity contribution in [3.63, 3.8) is 0 Å². The number of aromatic nitrogens is 3. The molecule has 7 nitrogen and oxygen atoms in total. The summed E-state index contributed by atoms with van der Waals surface area (Å²) in [5, 5.41) is 14.9. The molecule has 1 aliphatic rings. The predicted molar refractivity (Wildman–Crippen MR) is 83.0 cm³/mol. The number of carbonyl (C=O) groups is 1. The molecule has 8 heteroatoms. The Morgan fingerprint density at radius 3 is 3.09 bits per heavy atom. The van der Waals surface area contributed by atoms with E-state index in [1.165, 1.54) is 0 Å². The van der Waals surface area contributed by atoms with Crippen molar-refractivity contribution in [1.82, 2.24) is 20.3 Å². The van der Waals surface area contributed by atoms with Crippen molar-refractivity contribution >= 4 is 17.2 Å². The number of ether oxygens (including phenoxy) is 2. The molecule has 1 amide bonds. The third-order valence-electron chi connectivity index (χ3n) is 3.38. The molecule has 23 heavy (non-hydrogen) atoms. The summed E-state index contributed by atoms with van der Waals surface area (Å²) >= 11 is 1.59. The number of carbonyl (C=O) groups excluding carboxylic acids is 1. The number of fused-ring (bicyclic) bond motifs is 1. The monoisotopic (exact) mass is 328 g/mol. The van der Waals surface area contributed by atoms with Crippen LogP contribution in [0.25, 0.3) is 5.69 Å². The Kier molecular flexibility index (Phi) is 3.43. The van der Waals surface area contributed by atoms with Crippen LogP contribution in [0.15, 0.2) is 41.2 Å². The fraction of sp³-hybridized carbons (Fsp3) is 0.133. The van der Waals surface area contributed by atoms with Crippen LogP contribution in [0.2, 0.25) is 0 Å². The first-order chi connectivity index (χ1) is 11.3. The van der Waals surface area contributed by atoms with E-state index in [1.54, 1.807) is 40.4 Å². The van der Waals surface area contributed by atoms with Crippen molar-refractivity contribution in [2.75, 3.05) is 6.79 Å². The van der Waals surface area contributed by atoms with Crippen LogP contribution < -0.4 is 14.8 Å². The van der Waals surface area contributed by atoms with E-state index in [0.29, 0.717) is 29.3 Å². The molecule has 3 heterocycles. The van der Waals surface area contributed by atoms with Gasteiger partial charge in [0.1, 0.15) is 5.69 Å². The molecular weight excluding hydrogens is 316 g/mol. The fourth-order valence-corrected chi connectivity index (χ4v) is 2.83. The molecule has 116 valence electrons. The molecule has 0 saturated heterocycles. The topological polar surface area (TPSA) is 78.3 Å². The van der Waals surface area contributed by atoms with E-state index in [-0.39, 0.29) is 12.7 Å². The Hall–Kier alpha value is -2.87. The maximum Gasteiger partial charge on any atom is 0.251 e. The summed E-state index contributed by atoms with van der Waals surface area (Å²) in [5.74, 6) is 1.04. The van der Waals surface area contributed by atoms with Crippen molar-refractivity contribution in [2.24, 2.45) is 0 Å². The van der Waals surface area contributed by atoms with Gasteiger partial charge in [-0.1, -0.05) is 5.21 Å². The van der Waals surface area contributed by atoms with E-state index < -0.39 is 0 Å². The minimum absolute atomic E-state index is 0.187. The van der Waals surface area contributed by atoms with Gasteiger partial charge in [-0.2, -0.15) is 11.3 Å². The first-order valence-corrected chi connectivity index (χ1v) is 7.85. The first kappa shape index (κ1) is 13.8. The molecule has 1 N–H and O–H groups in total. The molecule has 0 aliphatic carbocycles. The van der Waals surface area contributed by atoms with Crippen LogP contribution in [0.5, 0.6) is 11.5 Å². The molecule has 0 spiro atoms. The number of nitrogens with one attached hydrogen (secondary N) is 1. The highest BCUT2D eigenvalue weighted by atomic mass is 32.1. The van der Waals surface area contributed by atoms with Gasteiger partial charge in [0.2, 0.25) is 6.79 Å². The van der Waals surface area contributed by atoms with Crippen molar-refractivity contribution in [2.45, 2.75) is 6.54 Å². The van der Waals surface area contributed by atoms with Crippen LogP contribution in [-0.4, -0.2) is 27.7 Å². The Bertz CT molecular complexity index is 844. The van der Waals surface area contributed by atoms with E-state index >= 15 is 0 Å². The lowest BCUT2D eigenvalue weighted by Gasteiger charge is -2.04. The number of rotatable bonds is 4. The first-order valence-electron chi connectivity index (χ1n) is 6.91. The van der Waals surface area contributed by atoms with Crippen molar-refractivity contribution in [3.05, 3.63) is 52.5 Å². The zero-order valence-corrected chi connectivity index (χ0v) is 12.7. The standard InChI is InChI=1S/C15H12N4O3S/c20-15(10-1-2-13-14(5-10)22-9-21-13)16-6-11-7-19(18-17-11)12-3-4-23-8-12/h1-5,7-8H,6,9H2,(H,16,20). The van der Waals surface area contributed by atoms with E-state index in [0.717, 1.165) is 5.69 Å². The summed E-state index contributed by atoms with van der Waals surface area (Å²) in [6.45, 7) is 0.490. The van der Waals surface area contributed by atoms with E-state index in [9.17, 15) is 4.79 Å². The van der Waals surface area contributed by atoms with Crippen LogP contribution >= 0.6 is 11.3 Å². The molecular formula is C15H12N4O3S. The average molecular weight is 328 g/mol. The Balaban J connectivity index is 1.42. The van der Waals surface area contributed by atoms with Gasteiger partial charge < -0.3 is 14.8 Å². The van der Waals surface area contributed by atoms with Crippen molar-refractivity contribution in [1.29, 1.82) is 0 Å². The number of hydrogen-bond donors (Lipinski definition) is 1. The molecule has 4 rings (SSSR count). The molecule has 0 atom stereocenters. The Labute approximate surface area is 135 Å². The number of hydrogen-bond acceptors (Lipinski definition) is 6. The second-order valence-corrected chi connectivity index (χ2v) is 5.67. The van der Waals surface area contributed by atoms with E-state index in [4.69, 9.17) is 9.47 Å². The summed E-state index contributed by atoms with van der Waals surface area (Å²) in [7, 11) is 0. The summed E-state index contributed by atoms with van der Waals surface area (Å²) in [6.07, 6.45) is 1.79. The zero-order valence-electron chi connectivity index (χ0n) is 11.9. The third kappa shape index (κ3) is 2.76. The third-order valence-corrected chi connectivity index (χ3v) is 4.05. The molecule has 0 radical (unpaired) electrons. The lowest BCUT2D eigenvalue weighted by atomic mass is 10.2. The van der Waals surface area contributed by atoms with Gasteiger partial charge in [-0.05, 0) is 29.6 Å². The molecule has 0 saturated carbocycles. The normalized spacial score (nSPS) is 12.3. The zero-order chi connectivity index (χ0) is 15.6. The quantitative estimate of drug-likeness (QED) is 0.792. The summed E-state index contributed by atoms with van der Waals surface area (Å²) < 4.78 is 12.2. The lowest BCUT2D eigenvalue weighted by Crippen LogP contribution is -2.22. The highest BCUT2D eigenvalue weighted by Crippen LogP contribution is 2.32. The maximum atomic E-state index is 12.2. The fourth-order valence-electron chi connectivity index (χ4n) is 2.20. The van der Waals surface area contributed by atoms with Gasteiger partial charge in [-0.25, -0.2) is 4.68 Å². The molecule has 0 bridgehead atoms. The molecule has 0 unspecified atom stereocenters. The van der Waals surface area contributed by atoms with Gasteiger partial charge in [-0.3, -0.25) is 4.79 Å². The SMILES string of the molecule is O=C(NCc1cn(-c2ccsc2)nn1)c1ccc2c(c1)OCO2. The minimum atomic E-state index is -0.201. The number of thiophene rings is 1. The largest absolute Gasteiger partial charge is 0.454 e. The Morgan fingerprint density at radius 2 is 2.22 bits per heavy atom. The highest BCUT2D eigenvalue weighted by molar-refractivity contribution is 7.08. The van der Waals surface area contributed by atoms with E-state index in [2.05, 4.69) is 15.6 Å². The number of amides is 1. The summed E-state index contributed by atoms with van der Waals surface area (Å²) in [4.78, 5) is 12.2. The second kappa shape index (κ2) is 5.73. The minimum Gasteiger partial charge on any atom is -0.454 e. The lowest BCUT2D eigenvalue weighted by molar-refractivity contribution is 0.0950. The van der Waals surface area contributed by atoms with Crippen LogP contribution in [0.3, 0.4) is 0 Å². The molecule has 1 aromatic carbocycles. The smallest absolute Gasteiger partial charge is 0.251 e. The second-order valence-electron chi connectivity index (χ2n) is 4.89. The molecule has 1 aliphatic heterocycles. The van der Waals surface area contributed by atoms with Gasteiger partial charge in [-0.15, -0.1) is 5.10 Å². The van der Waals surface area contributed by atoms with Gasteiger partial charge in [0.05, 0.1) is 18.4 Å². The molecule has 2 aromatic heterocycles. The van der Waals surface area contributed by atoms with Crippen molar-refractivity contribution < 1.29 is 14.3 Å². The van der Waals surface area contributed by atoms with Crippen LogP contribution in [0.1, 0.15) is 16.1 Å². The highest BCUT2D eigenvalue weighted by Gasteiger charge is 2.16. The average Bonchev–Trinajstić information content (AvgIpc) is 3.32. The number of nitrogens with zero attached hydrogens (tertiary/aromatic N) is 3. The summed E-state index contributed by atoms with van der Waals surface area (Å²) in [5.41, 5.74) is 2.15.